The molecule has 2 heterocycles. The third-order valence-electron chi connectivity index (χ3n) is 3.16. The fraction of sp³-hybridized carbons (Fsp3) is 0.143. The zero-order valence-corrected chi connectivity index (χ0v) is 13.1. The van der Waals surface area contributed by atoms with E-state index in [1.165, 1.54) is 11.0 Å². The third kappa shape index (κ3) is 2.90. The Kier molecular flexibility index (Phi) is 3.89. The molecule has 3 rings (SSSR count). The fourth-order valence-electron chi connectivity index (χ4n) is 2.20. The summed E-state index contributed by atoms with van der Waals surface area (Å²) >= 11 is 13.0. The Balaban J connectivity index is 1.94. The Labute approximate surface area is 135 Å². The summed E-state index contributed by atoms with van der Waals surface area (Å²) in [6.45, 7) is 0.328. The predicted octanol–water partition coefficient (Wildman–Crippen LogP) is 3.65. The molecule has 0 saturated heterocycles. The monoisotopic (exact) mass is 340 g/mol. The number of hydrogen-bond acceptors (Lipinski definition) is 3. The summed E-state index contributed by atoms with van der Waals surface area (Å²) < 4.78 is 0.783. The summed E-state index contributed by atoms with van der Waals surface area (Å²) in [6, 6.07) is 8.93. The molecule has 2 amide bonds. The smallest absolute Gasteiger partial charge is 0.257 e. The summed E-state index contributed by atoms with van der Waals surface area (Å²) in [7, 11) is 0. The largest absolute Gasteiger partial charge is 0.325 e. The molecule has 0 spiro atoms. The van der Waals surface area contributed by atoms with Gasteiger partial charge in [0.1, 0.15) is 10.9 Å². The zero-order chi connectivity index (χ0) is 15.0. The first-order valence-electron chi connectivity index (χ1n) is 6.16. The van der Waals surface area contributed by atoms with Gasteiger partial charge < -0.3 is 10.2 Å². The Morgan fingerprint density at radius 1 is 1.24 bits per heavy atom. The number of nitrogens with one attached hydrogen (secondary N) is 1. The molecule has 0 radical (unpaired) electrons. The third-order valence-corrected chi connectivity index (χ3v) is 4.65. The van der Waals surface area contributed by atoms with Crippen LogP contribution in [0.2, 0.25) is 8.67 Å². The number of carbonyl (C=O) groups is 2. The van der Waals surface area contributed by atoms with Crippen molar-refractivity contribution in [2.75, 3.05) is 11.9 Å². The quantitative estimate of drug-likeness (QED) is 0.861. The van der Waals surface area contributed by atoms with Crippen LogP contribution in [-0.2, 0) is 11.3 Å². The minimum Gasteiger partial charge on any atom is -0.325 e. The first-order chi connectivity index (χ1) is 10.0. The van der Waals surface area contributed by atoms with Crippen LogP contribution < -0.4 is 5.32 Å². The Morgan fingerprint density at radius 2 is 2.00 bits per heavy atom. The molecule has 21 heavy (non-hydrogen) atoms. The maximum atomic E-state index is 12.6. The maximum absolute atomic E-state index is 12.6. The summed E-state index contributed by atoms with van der Waals surface area (Å²) in [5, 5.41) is 2.79. The Hall–Kier alpha value is -1.56. The molecule has 0 aliphatic carbocycles. The van der Waals surface area contributed by atoms with Gasteiger partial charge in [-0.05, 0) is 17.7 Å². The topological polar surface area (TPSA) is 49.4 Å². The van der Waals surface area contributed by atoms with Crippen LogP contribution in [0.15, 0.2) is 30.3 Å². The first kappa shape index (κ1) is 14.4. The zero-order valence-electron chi connectivity index (χ0n) is 10.7. The molecule has 0 fully saturated rings. The molecule has 7 heteroatoms. The normalized spacial score (nSPS) is 14.4. The van der Waals surface area contributed by atoms with Crippen LogP contribution >= 0.6 is 34.5 Å². The Morgan fingerprint density at radius 3 is 2.71 bits per heavy atom. The second kappa shape index (κ2) is 5.67. The lowest BCUT2D eigenvalue weighted by Crippen LogP contribution is -2.35. The second-order valence-corrected chi connectivity index (χ2v) is 6.89. The van der Waals surface area contributed by atoms with Crippen molar-refractivity contribution in [3.8, 4) is 0 Å². The summed E-state index contributed by atoms with van der Waals surface area (Å²) in [5.41, 5.74) is 1.94. The summed E-state index contributed by atoms with van der Waals surface area (Å²) in [5.74, 6) is -0.527. The van der Waals surface area contributed by atoms with Crippen LogP contribution in [-0.4, -0.2) is 23.3 Å². The van der Waals surface area contributed by atoms with E-state index in [1.54, 1.807) is 0 Å². The van der Waals surface area contributed by atoms with E-state index in [1.807, 2.05) is 24.3 Å². The van der Waals surface area contributed by atoms with E-state index in [-0.39, 0.29) is 18.4 Å². The van der Waals surface area contributed by atoms with E-state index in [0.29, 0.717) is 20.8 Å². The van der Waals surface area contributed by atoms with Gasteiger partial charge in [0.05, 0.1) is 9.90 Å². The van der Waals surface area contributed by atoms with Crippen LogP contribution in [0.5, 0.6) is 0 Å². The van der Waals surface area contributed by atoms with Gasteiger partial charge in [0.2, 0.25) is 5.91 Å². The van der Waals surface area contributed by atoms with Gasteiger partial charge in [0.15, 0.2) is 0 Å². The molecule has 0 atom stereocenters. The molecular weight excluding hydrogens is 331 g/mol. The number of fused-ring (bicyclic) bond motifs is 1. The number of nitrogens with zero attached hydrogens (tertiary/aromatic N) is 1. The van der Waals surface area contributed by atoms with Gasteiger partial charge in [-0.15, -0.1) is 11.3 Å². The van der Waals surface area contributed by atoms with Gasteiger partial charge in [-0.25, -0.2) is 0 Å². The second-order valence-electron chi connectivity index (χ2n) is 4.60. The SMILES string of the molecule is O=C1CN(C(=O)c2cc(Cl)sc2Cl)Cc2ccccc2N1. The van der Waals surface area contributed by atoms with Gasteiger partial charge in [0.25, 0.3) is 5.91 Å². The van der Waals surface area contributed by atoms with Crippen LogP contribution in [0.25, 0.3) is 0 Å². The van der Waals surface area contributed by atoms with E-state index in [9.17, 15) is 9.59 Å². The molecule has 1 aromatic heterocycles. The van der Waals surface area contributed by atoms with Crippen molar-refractivity contribution in [1.82, 2.24) is 4.90 Å². The highest BCUT2D eigenvalue weighted by atomic mass is 35.5. The van der Waals surface area contributed by atoms with Crippen molar-refractivity contribution in [3.05, 3.63) is 50.1 Å². The lowest BCUT2D eigenvalue weighted by molar-refractivity contribution is -0.116. The number of para-hydroxylation sites is 1. The van der Waals surface area contributed by atoms with Gasteiger partial charge in [0, 0.05) is 12.2 Å². The molecule has 2 aromatic rings. The Bertz CT molecular complexity index is 730. The van der Waals surface area contributed by atoms with Crippen molar-refractivity contribution < 1.29 is 9.59 Å². The number of carbonyl (C=O) groups excluding carboxylic acids is 2. The molecule has 0 saturated carbocycles. The van der Waals surface area contributed by atoms with Crippen molar-refractivity contribution in [2.24, 2.45) is 0 Å². The summed E-state index contributed by atoms with van der Waals surface area (Å²) in [4.78, 5) is 25.9. The predicted molar refractivity (Wildman–Crippen MR) is 84.2 cm³/mol. The van der Waals surface area contributed by atoms with Crippen LogP contribution in [0.4, 0.5) is 5.69 Å². The highest BCUT2D eigenvalue weighted by molar-refractivity contribution is 7.20. The lowest BCUT2D eigenvalue weighted by atomic mass is 10.1. The van der Waals surface area contributed by atoms with E-state index in [4.69, 9.17) is 23.2 Å². The molecule has 1 aliphatic heterocycles. The van der Waals surface area contributed by atoms with Gasteiger partial charge in [-0.3, -0.25) is 9.59 Å². The van der Waals surface area contributed by atoms with Gasteiger partial charge in [-0.2, -0.15) is 0 Å². The standard InChI is InChI=1S/C14H10Cl2N2O2S/c15-11-5-9(13(16)21-11)14(20)18-6-8-3-1-2-4-10(8)17-12(19)7-18/h1-5H,6-7H2,(H,17,19). The highest BCUT2D eigenvalue weighted by Crippen LogP contribution is 2.32. The average molecular weight is 341 g/mol. The molecule has 0 bridgehead atoms. The van der Waals surface area contributed by atoms with E-state index in [0.717, 1.165) is 22.6 Å². The number of thiophene rings is 1. The number of benzene rings is 1. The molecule has 1 aromatic carbocycles. The number of amides is 2. The van der Waals surface area contributed by atoms with E-state index < -0.39 is 0 Å². The van der Waals surface area contributed by atoms with Crippen molar-refractivity contribution in [3.63, 3.8) is 0 Å². The molecule has 108 valence electrons. The van der Waals surface area contributed by atoms with E-state index in [2.05, 4.69) is 5.32 Å². The van der Waals surface area contributed by atoms with Crippen LogP contribution in [0, 0.1) is 0 Å². The minimum absolute atomic E-state index is 0.0166. The van der Waals surface area contributed by atoms with Crippen LogP contribution in [0.1, 0.15) is 15.9 Å². The molecule has 1 N–H and O–H groups in total. The average Bonchev–Trinajstić information content (AvgIpc) is 2.68. The summed E-state index contributed by atoms with van der Waals surface area (Å²) in [6.07, 6.45) is 0. The molecule has 0 unspecified atom stereocenters. The number of rotatable bonds is 1. The van der Waals surface area contributed by atoms with Gasteiger partial charge in [-0.1, -0.05) is 41.4 Å². The van der Waals surface area contributed by atoms with Crippen molar-refractivity contribution >= 4 is 52.0 Å². The first-order valence-corrected chi connectivity index (χ1v) is 7.73. The lowest BCUT2D eigenvalue weighted by Gasteiger charge is -2.19. The van der Waals surface area contributed by atoms with Crippen LogP contribution in [0.3, 0.4) is 0 Å². The highest BCUT2D eigenvalue weighted by Gasteiger charge is 2.26. The minimum atomic E-state index is -0.296. The van der Waals surface area contributed by atoms with Gasteiger partial charge >= 0.3 is 0 Å². The number of hydrogen-bond donors (Lipinski definition) is 1. The molecular formula is C14H10Cl2N2O2S. The molecule has 1 aliphatic rings. The number of anilines is 1. The number of halogens is 2. The van der Waals surface area contributed by atoms with E-state index >= 15 is 0 Å². The van der Waals surface area contributed by atoms with Crippen molar-refractivity contribution in [2.45, 2.75) is 6.54 Å². The molecule has 4 nitrogen and oxygen atoms in total. The fourth-order valence-corrected chi connectivity index (χ4v) is 3.65. The maximum Gasteiger partial charge on any atom is 0.257 e. The van der Waals surface area contributed by atoms with Crippen molar-refractivity contribution in [1.29, 1.82) is 0 Å².